The molecule has 0 saturated heterocycles. The lowest BCUT2D eigenvalue weighted by atomic mass is 9.92. The van der Waals surface area contributed by atoms with Crippen molar-refractivity contribution in [2.75, 3.05) is 0 Å². The second-order valence-electron chi connectivity index (χ2n) is 12.5. The van der Waals surface area contributed by atoms with Gasteiger partial charge in [-0.1, -0.05) is 170 Å². The first-order chi connectivity index (χ1) is 25.2. The predicted molar refractivity (Wildman–Crippen MR) is 212 cm³/mol. The fourth-order valence-corrected chi connectivity index (χ4v) is 6.36. The lowest BCUT2D eigenvalue weighted by Crippen LogP contribution is -2.00. The molecule has 1 aromatic heterocycles. The zero-order valence-electron chi connectivity index (χ0n) is 28.2. The number of allylic oxidation sites excluding steroid dienone is 1. The highest BCUT2D eigenvalue weighted by Gasteiger charge is 2.13. The van der Waals surface area contributed by atoms with Gasteiger partial charge in [-0.2, -0.15) is 0 Å². The third-order valence-corrected chi connectivity index (χ3v) is 9.10. The SMILES string of the molecule is C=CCc1ccc(-c2ccc(-c3cc(-c4ccccc4)cc(-c4ccc(-c5nc(-c6ccccc6)nc(-c6ccccc6)n5)cc4)c3)cc2)cc1. The van der Waals surface area contributed by atoms with Crippen LogP contribution in [0.3, 0.4) is 0 Å². The number of nitrogens with zero attached hydrogens (tertiary/aromatic N) is 3. The summed E-state index contributed by atoms with van der Waals surface area (Å²) in [6, 6.07) is 63.7. The van der Waals surface area contributed by atoms with E-state index in [1.165, 1.54) is 38.9 Å². The van der Waals surface area contributed by atoms with Crippen LogP contribution in [0.2, 0.25) is 0 Å². The summed E-state index contributed by atoms with van der Waals surface area (Å²) < 4.78 is 0. The standard InChI is InChI=1S/C48H35N3/c1-2-12-34-19-21-36(22-20-34)37-23-25-38(26-24-37)44-31-43(35-13-6-3-7-14-35)32-45(33-44)39-27-29-42(30-28-39)48-50-46(40-15-8-4-9-16-40)49-47(51-48)41-17-10-5-11-18-41/h2-11,13-33H,1,12H2. The third-order valence-electron chi connectivity index (χ3n) is 9.10. The lowest BCUT2D eigenvalue weighted by molar-refractivity contribution is 1.07. The van der Waals surface area contributed by atoms with Crippen LogP contribution in [0, 0.1) is 0 Å². The summed E-state index contributed by atoms with van der Waals surface area (Å²) in [6.45, 7) is 3.86. The molecule has 0 N–H and O–H groups in total. The first kappa shape index (κ1) is 31.6. The Kier molecular flexibility index (Phi) is 8.92. The molecule has 3 nitrogen and oxygen atoms in total. The Balaban J connectivity index is 1.15. The number of aromatic nitrogens is 3. The highest BCUT2D eigenvalue weighted by atomic mass is 15.0. The fourth-order valence-electron chi connectivity index (χ4n) is 6.36. The molecule has 8 rings (SSSR count). The molecule has 51 heavy (non-hydrogen) atoms. The molecular weight excluding hydrogens is 619 g/mol. The van der Waals surface area contributed by atoms with Crippen LogP contribution in [0.4, 0.5) is 0 Å². The number of hydrogen-bond donors (Lipinski definition) is 0. The first-order valence-electron chi connectivity index (χ1n) is 17.2. The van der Waals surface area contributed by atoms with E-state index in [1.807, 2.05) is 66.7 Å². The fraction of sp³-hybridized carbons (Fsp3) is 0.0208. The van der Waals surface area contributed by atoms with Gasteiger partial charge >= 0.3 is 0 Å². The van der Waals surface area contributed by atoms with Gasteiger partial charge in [-0.05, 0) is 74.7 Å². The number of hydrogen-bond acceptors (Lipinski definition) is 3. The van der Waals surface area contributed by atoms with Crippen LogP contribution in [-0.4, -0.2) is 15.0 Å². The van der Waals surface area contributed by atoms with Crippen molar-refractivity contribution < 1.29 is 0 Å². The van der Waals surface area contributed by atoms with E-state index in [4.69, 9.17) is 15.0 Å². The molecule has 0 bridgehead atoms. The molecule has 3 heteroatoms. The van der Waals surface area contributed by atoms with E-state index < -0.39 is 0 Å². The molecule has 242 valence electrons. The maximum atomic E-state index is 4.92. The van der Waals surface area contributed by atoms with Gasteiger partial charge in [0.1, 0.15) is 0 Å². The Morgan fingerprint density at radius 3 is 0.961 bits per heavy atom. The van der Waals surface area contributed by atoms with Crippen molar-refractivity contribution >= 4 is 0 Å². The highest BCUT2D eigenvalue weighted by Crippen LogP contribution is 2.35. The number of benzene rings is 7. The Morgan fingerprint density at radius 2 is 0.588 bits per heavy atom. The summed E-state index contributed by atoms with van der Waals surface area (Å²) in [7, 11) is 0. The van der Waals surface area contributed by atoms with Crippen molar-refractivity contribution in [3.63, 3.8) is 0 Å². The topological polar surface area (TPSA) is 38.7 Å². The first-order valence-corrected chi connectivity index (χ1v) is 17.2. The molecular formula is C48H35N3. The van der Waals surface area contributed by atoms with Gasteiger partial charge in [-0.25, -0.2) is 15.0 Å². The molecule has 0 spiro atoms. The van der Waals surface area contributed by atoms with E-state index in [9.17, 15) is 0 Å². The normalized spacial score (nSPS) is 10.9. The van der Waals surface area contributed by atoms with Crippen LogP contribution in [0.5, 0.6) is 0 Å². The minimum atomic E-state index is 0.642. The monoisotopic (exact) mass is 653 g/mol. The smallest absolute Gasteiger partial charge is 0.164 e. The van der Waals surface area contributed by atoms with E-state index in [2.05, 4.69) is 128 Å². The molecule has 0 saturated carbocycles. The lowest BCUT2D eigenvalue weighted by Gasteiger charge is -2.13. The van der Waals surface area contributed by atoms with Crippen LogP contribution >= 0.6 is 0 Å². The maximum absolute atomic E-state index is 4.92. The van der Waals surface area contributed by atoms with Gasteiger partial charge in [0.15, 0.2) is 17.5 Å². The molecule has 0 aliphatic carbocycles. The van der Waals surface area contributed by atoms with E-state index >= 15 is 0 Å². The molecule has 0 radical (unpaired) electrons. The van der Waals surface area contributed by atoms with Gasteiger partial charge in [0.25, 0.3) is 0 Å². The highest BCUT2D eigenvalue weighted by molar-refractivity contribution is 5.82. The van der Waals surface area contributed by atoms with E-state index in [0.29, 0.717) is 17.5 Å². The minimum Gasteiger partial charge on any atom is -0.208 e. The third kappa shape index (κ3) is 7.05. The van der Waals surface area contributed by atoms with E-state index in [-0.39, 0.29) is 0 Å². The van der Waals surface area contributed by atoms with Gasteiger partial charge < -0.3 is 0 Å². The molecule has 1 heterocycles. The molecule has 0 unspecified atom stereocenters. The van der Waals surface area contributed by atoms with Crippen LogP contribution in [-0.2, 0) is 6.42 Å². The predicted octanol–water partition coefficient (Wildman–Crippen LogP) is 12.3. The maximum Gasteiger partial charge on any atom is 0.164 e. The largest absolute Gasteiger partial charge is 0.208 e. The zero-order valence-corrected chi connectivity index (χ0v) is 28.2. The van der Waals surface area contributed by atoms with Gasteiger partial charge in [0.05, 0.1) is 0 Å². The van der Waals surface area contributed by atoms with Crippen molar-refractivity contribution in [2.24, 2.45) is 0 Å². The molecule has 0 atom stereocenters. The van der Waals surface area contributed by atoms with Crippen LogP contribution in [0.15, 0.2) is 195 Å². The van der Waals surface area contributed by atoms with Crippen LogP contribution in [0.1, 0.15) is 5.56 Å². The summed E-state index contributed by atoms with van der Waals surface area (Å²) >= 11 is 0. The van der Waals surface area contributed by atoms with E-state index in [0.717, 1.165) is 34.2 Å². The minimum absolute atomic E-state index is 0.642. The molecule has 7 aromatic carbocycles. The van der Waals surface area contributed by atoms with Gasteiger partial charge in [-0.3, -0.25) is 0 Å². The Bertz CT molecular complexity index is 2340. The van der Waals surface area contributed by atoms with Gasteiger partial charge in [-0.15, -0.1) is 6.58 Å². The van der Waals surface area contributed by atoms with Crippen molar-refractivity contribution in [1.82, 2.24) is 15.0 Å². The second-order valence-corrected chi connectivity index (χ2v) is 12.5. The summed E-state index contributed by atoms with van der Waals surface area (Å²) in [4.78, 5) is 14.7. The Morgan fingerprint density at radius 1 is 0.314 bits per heavy atom. The summed E-state index contributed by atoms with van der Waals surface area (Å²) in [5, 5.41) is 0. The molecule has 0 aliphatic rings. The average Bonchev–Trinajstić information content (AvgIpc) is 3.22. The van der Waals surface area contributed by atoms with Crippen molar-refractivity contribution in [3.8, 4) is 78.7 Å². The quantitative estimate of drug-likeness (QED) is 0.146. The molecule has 0 fully saturated rings. The second kappa shape index (κ2) is 14.4. The van der Waals surface area contributed by atoms with E-state index in [1.54, 1.807) is 0 Å². The van der Waals surface area contributed by atoms with Gasteiger partial charge in [0, 0.05) is 16.7 Å². The molecule has 0 aliphatic heterocycles. The van der Waals surface area contributed by atoms with Gasteiger partial charge in [0.2, 0.25) is 0 Å². The van der Waals surface area contributed by atoms with Crippen molar-refractivity contribution in [1.29, 1.82) is 0 Å². The van der Waals surface area contributed by atoms with Crippen molar-refractivity contribution in [3.05, 3.63) is 200 Å². The Hall–Kier alpha value is -6.71. The molecule has 8 aromatic rings. The summed E-state index contributed by atoms with van der Waals surface area (Å²) in [5.41, 5.74) is 13.5. The van der Waals surface area contributed by atoms with Crippen LogP contribution in [0.25, 0.3) is 78.7 Å². The average molecular weight is 654 g/mol. The zero-order chi connectivity index (χ0) is 34.4. The molecule has 0 amide bonds. The summed E-state index contributed by atoms with van der Waals surface area (Å²) in [6.07, 6.45) is 2.82. The van der Waals surface area contributed by atoms with Crippen LogP contribution < -0.4 is 0 Å². The van der Waals surface area contributed by atoms with Crippen molar-refractivity contribution in [2.45, 2.75) is 6.42 Å². The Labute approximate surface area is 299 Å². The summed E-state index contributed by atoms with van der Waals surface area (Å²) in [5.74, 6) is 1.95. The number of rotatable bonds is 9.